The Hall–Kier alpha value is -4.23. The molecule has 5 rings (SSSR count). The Morgan fingerprint density at radius 2 is 1.56 bits per heavy atom. The number of para-hydroxylation sites is 1. The standard InChI is InChI=1S/C29H27N5OS/c1-33(2)24-18-17-23(20-13-7-8-14-21(20)24)30-29(36)32-27-28(35)34(3)25-16-10-9-15-22(25)26(31-27)19-11-5-4-6-12-19/h4-18,27H,1-3H3,(H2,30,32,36). The Bertz CT molecular complexity index is 1480. The number of anilines is 3. The minimum absolute atomic E-state index is 0.189. The maximum atomic E-state index is 13.5. The summed E-state index contributed by atoms with van der Waals surface area (Å²) in [6.45, 7) is 0. The SMILES string of the molecule is CN(C)c1ccc(NC(=S)NC2N=C(c3ccccc3)c3ccccc3N(C)C2=O)c2ccccc12. The molecule has 0 spiro atoms. The van der Waals surface area contributed by atoms with Crippen molar-refractivity contribution < 1.29 is 4.79 Å². The predicted molar refractivity (Wildman–Crippen MR) is 153 cm³/mol. The second-order valence-electron chi connectivity index (χ2n) is 8.83. The first-order valence-electron chi connectivity index (χ1n) is 11.7. The van der Waals surface area contributed by atoms with Gasteiger partial charge in [0.25, 0.3) is 5.91 Å². The van der Waals surface area contributed by atoms with Crippen molar-refractivity contribution in [3.63, 3.8) is 0 Å². The normalized spacial score (nSPS) is 15.1. The van der Waals surface area contributed by atoms with Crippen LogP contribution in [0.5, 0.6) is 0 Å². The molecule has 0 aromatic heterocycles. The Balaban J connectivity index is 1.48. The Morgan fingerprint density at radius 1 is 0.889 bits per heavy atom. The van der Waals surface area contributed by atoms with Gasteiger partial charge < -0.3 is 20.4 Å². The van der Waals surface area contributed by atoms with Gasteiger partial charge in [-0.1, -0.05) is 72.8 Å². The van der Waals surface area contributed by atoms with Crippen LogP contribution in [0.2, 0.25) is 0 Å². The van der Waals surface area contributed by atoms with Crippen molar-refractivity contribution in [1.82, 2.24) is 5.32 Å². The van der Waals surface area contributed by atoms with E-state index in [1.165, 1.54) is 0 Å². The lowest BCUT2D eigenvalue weighted by Gasteiger charge is -2.22. The fourth-order valence-corrected chi connectivity index (χ4v) is 4.73. The maximum Gasteiger partial charge on any atom is 0.272 e. The van der Waals surface area contributed by atoms with Crippen LogP contribution in [0.4, 0.5) is 17.1 Å². The average Bonchev–Trinajstić information content (AvgIpc) is 3.00. The molecule has 1 amide bonds. The number of benzodiazepines with no additional fused rings is 1. The first-order chi connectivity index (χ1) is 17.4. The van der Waals surface area contributed by atoms with E-state index in [1.54, 1.807) is 11.9 Å². The van der Waals surface area contributed by atoms with E-state index in [2.05, 4.69) is 33.7 Å². The van der Waals surface area contributed by atoms with Crippen molar-refractivity contribution in [3.05, 3.63) is 102 Å². The summed E-state index contributed by atoms with van der Waals surface area (Å²) in [7, 11) is 5.81. The number of carbonyl (C=O) groups excluding carboxylic acids is 1. The number of hydrogen-bond acceptors (Lipinski definition) is 4. The molecule has 0 aliphatic carbocycles. The van der Waals surface area contributed by atoms with E-state index >= 15 is 0 Å². The predicted octanol–water partition coefficient (Wildman–Crippen LogP) is 5.03. The zero-order chi connectivity index (χ0) is 25.2. The van der Waals surface area contributed by atoms with Gasteiger partial charge in [-0.3, -0.25) is 4.79 Å². The third-order valence-electron chi connectivity index (χ3n) is 6.29. The number of likely N-dealkylation sites (N-methyl/N-ethyl adjacent to an activating group) is 1. The van der Waals surface area contributed by atoms with Crippen LogP contribution in [-0.4, -0.2) is 44.0 Å². The van der Waals surface area contributed by atoms with Gasteiger partial charge in [0.2, 0.25) is 6.17 Å². The van der Waals surface area contributed by atoms with Gasteiger partial charge in [-0.2, -0.15) is 0 Å². The summed E-state index contributed by atoms with van der Waals surface area (Å²) in [5.74, 6) is -0.189. The van der Waals surface area contributed by atoms with Gasteiger partial charge in [0.05, 0.1) is 11.4 Å². The molecule has 1 atom stereocenters. The summed E-state index contributed by atoms with van der Waals surface area (Å²) in [5, 5.41) is 8.92. The van der Waals surface area contributed by atoms with Gasteiger partial charge in [-0.05, 0) is 30.4 Å². The number of fused-ring (bicyclic) bond motifs is 2. The molecule has 180 valence electrons. The van der Waals surface area contributed by atoms with Crippen LogP contribution in [-0.2, 0) is 4.79 Å². The second-order valence-corrected chi connectivity index (χ2v) is 9.24. The Kier molecular flexibility index (Phi) is 6.40. The lowest BCUT2D eigenvalue weighted by molar-refractivity contribution is -0.119. The minimum atomic E-state index is -0.884. The highest BCUT2D eigenvalue weighted by Crippen LogP contribution is 2.32. The Morgan fingerprint density at radius 3 is 2.31 bits per heavy atom. The van der Waals surface area contributed by atoms with Gasteiger partial charge in [-0.15, -0.1) is 0 Å². The van der Waals surface area contributed by atoms with Gasteiger partial charge in [0.1, 0.15) is 0 Å². The quantitative estimate of drug-likeness (QED) is 0.391. The second kappa shape index (κ2) is 9.79. The number of amides is 1. The van der Waals surface area contributed by atoms with Gasteiger partial charge in [0, 0.05) is 54.4 Å². The first kappa shape index (κ1) is 23.5. The van der Waals surface area contributed by atoms with Crippen molar-refractivity contribution in [3.8, 4) is 0 Å². The molecule has 36 heavy (non-hydrogen) atoms. The topological polar surface area (TPSA) is 60.0 Å². The van der Waals surface area contributed by atoms with E-state index in [4.69, 9.17) is 17.2 Å². The van der Waals surface area contributed by atoms with Gasteiger partial charge >= 0.3 is 0 Å². The smallest absolute Gasteiger partial charge is 0.272 e. The largest absolute Gasteiger partial charge is 0.377 e. The number of hydrogen-bond donors (Lipinski definition) is 2. The van der Waals surface area contributed by atoms with E-state index in [0.717, 1.165) is 44.7 Å². The average molecular weight is 494 g/mol. The number of rotatable bonds is 4. The number of nitrogens with zero attached hydrogens (tertiary/aromatic N) is 3. The maximum absolute atomic E-state index is 13.5. The lowest BCUT2D eigenvalue weighted by atomic mass is 10.0. The third kappa shape index (κ3) is 4.41. The van der Waals surface area contributed by atoms with E-state index in [1.807, 2.05) is 86.9 Å². The number of thiocarbonyl (C=S) groups is 1. The van der Waals surface area contributed by atoms with Crippen LogP contribution in [0.1, 0.15) is 11.1 Å². The monoisotopic (exact) mass is 493 g/mol. The molecule has 2 N–H and O–H groups in total. The zero-order valence-corrected chi connectivity index (χ0v) is 21.2. The summed E-state index contributed by atoms with van der Waals surface area (Å²) in [4.78, 5) is 22.1. The molecule has 4 aromatic rings. The van der Waals surface area contributed by atoms with Crippen molar-refractivity contribution >= 4 is 56.8 Å². The molecule has 1 aliphatic heterocycles. The molecule has 1 unspecified atom stereocenters. The summed E-state index contributed by atoms with van der Waals surface area (Å²) >= 11 is 5.67. The van der Waals surface area contributed by atoms with Gasteiger partial charge in [-0.25, -0.2) is 4.99 Å². The molecule has 6 nitrogen and oxygen atoms in total. The summed E-state index contributed by atoms with van der Waals surface area (Å²) < 4.78 is 0. The molecule has 0 bridgehead atoms. The van der Waals surface area contributed by atoms with Crippen LogP contribution < -0.4 is 20.4 Å². The van der Waals surface area contributed by atoms with Crippen LogP contribution in [0.3, 0.4) is 0 Å². The highest BCUT2D eigenvalue weighted by Gasteiger charge is 2.30. The molecule has 0 saturated carbocycles. The number of benzene rings is 4. The molecule has 0 radical (unpaired) electrons. The number of carbonyl (C=O) groups is 1. The van der Waals surface area contributed by atoms with Crippen molar-refractivity contribution in [2.45, 2.75) is 6.17 Å². The van der Waals surface area contributed by atoms with Crippen LogP contribution in [0.25, 0.3) is 10.8 Å². The van der Waals surface area contributed by atoms with E-state index in [-0.39, 0.29) is 5.91 Å². The fourth-order valence-electron chi connectivity index (χ4n) is 4.51. The molecule has 0 saturated heterocycles. The Labute approximate surface area is 216 Å². The molecule has 1 aliphatic rings. The summed E-state index contributed by atoms with van der Waals surface area (Å²) in [6, 6.07) is 29.9. The fraction of sp³-hybridized carbons (Fsp3) is 0.138. The van der Waals surface area contributed by atoms with E-state index < -0.39 is 6.17 Å². The van der Waals surface area contributed by atoms with Crippen LogP contribution in [0, 0.1) is 0 Å². The van der Waals surface area contributed by atoms with Crippen molar-refractivity contribution in [1.29, 1.82) is 0 Å². The van der Waals surface area contributed by atoms with Crippen LogP contribution in [0.15, 0.2) is 96.0 Å². The van der Waals surface area contributed by atoms with E-state index in [0.29, 0.717) is 5.11 Å². The lowest BCUT2D eigenvalue weighted by Crippen LogP contribution is -2.47. The number of aliphatic imine (C=N–C) groups is 1. The molecular weight excluding hydrogens is 466 g/mol. The highest BCUT2D eigenvalue weighted by atomic mass is 32.1. The molecule has 0 fully saturated rings. The molecule has 7 heteroatoms. The minimum Gasteiger partial charge on any atom is -0.377 e. The van der Waals surface area contributed by atoms with Crippen molar-refractivity contribution in [2.75, 3.05) is 36.3 Å². The molecular formula is C29H27N5OS. The zero-order valence-electron chi connectivity index (χ0n) is 20.4. The van der Waals surface area contributed by atoms with Crippen molar-refractivity contribution in [2.24, 2.45) is 4.99 Å². The summed E-state index contributed by atoms with van der Waals surface area (Å²) in [6.07, 6.45) is -0.884. The molecule has 1 heterocycles. The van der Waals surface area contributed by atoms with E-state index in [9.17, 15) is 4.79 Å². The third-order valence-corrected chi connectivity index (χ3v) is 6.51. The summed E-state index contributed by atoms with van der Waals surface area (Å²) in [5.41, 5.74) is 5.35. The van der Waals surface area contributed by atoms with Gasteiger partial charge in [0.15, 0.2) is 5.11 Å². The molecule has 4 aromatic carbocycles. The first-order valence-corrected chi connectivity index (χ1v) is 12.1. The number of nitrogens with one attached hydrogen (secondary N) is 2. The van der Waals surface area contributed by atoms with Crippen LogP contribution >= 0.6 is 12.2 Å². The highest BCUT2D eigenvalue weighted by molar-refractivity contribution is 7.80.